The van der Waals surface area contributed by atoms with E-state index in [2.05, 4.69) is 198 Å². The van der Waals surface area contributed by atoms with E-state index in [0.29, 0.717) is 5.92 Å². The molecule has 0 saturated heterocycles. The molecule has 0 bridgehead atoms. The van der Waals surface area contributed by atoms with Crippen LogP contribution in [0.5, 0.6) is 0 Å². The maximum Gasteiger partial charge on any atom is 0.0547 e. The van der Waals surface area contributed by atoms with Gasteiger partial charge in [-0.1, -0.05) is 128 Å². The van der Waals surface area contributed by atoms with Crippen LogP contribution in [0.2, 0.25) is 0 Å². The van der Waals surface area contributed by atoms with Gasteiger partial charge >= 0.3 is 0 Å². The average molecular weight is 789 g/mol. The van der Waals surface area contributed by atoms with E-state index in [9.17, 15) is 0 Å². The molecule has 0 amide bonds. The highest BCUT2D eigenvalue weighted by Crippen LogP contribution is 2.47. The topological polar surface area (TPSA) is 9.86 Å². The molecule has 13 rings (SSSR count). The van der Waals surface area contributed by atoms with Crippen LogP contribution in [-0.4, -0.2) is 9.13 Å². The summed E-state index contributed by atoms with van der Waals surface area (Å²) in [5.74, 6) is 0.560. The molecule has 0 spiro atoms. The van der Waals surface area contributed by atoms with Gasteiger partial charge in [0.15, 0.2) is 0 Å². The van der Waals surface area contributed by atoms with Crippen molar-refractivity contribution in [1.29, 1.82) is 0 Å². The van der Waals surface area contributed by atoms with Gasteiger partial charge in [0.2, 0.25) is 0 Å². The van der Waals surface area contributed by atoms with Crippen molar-refractivity contribution in [3.05, 3.63) is 182 Å². The normalized spacial score (nSPS) is 14.7. The van der Waals surface area contributed by atoms with Crippen molar-refractivity contribution in [1.82, 2.24) is 9.13 Å². The number of hydrogen-bond donors (Lipinski definition) is 0. The lowest BCUT2D eigenvalue weighted by atomic mass is 9.99. The Balaban J connectivity index is 1.04. The summed E-state index contributed by atoms with van der Waals surface area (Å²) in [6, 6.07) is 61.4. The summed E-state index contributed by atoms with van der Waals surface area (Å²) < 4.78 is 10.3. The fraction of sp³-hybridized carbons (Fsp3) is 0.0545. The summed E-state index contributed by atoms with van der Waals surface area (Å²) in [6.45, 7) is 2.29. The minimum absolute atomic E-state index is 0.560. The Labute approximate surface area is 348 Å². The summed E-state index contributed by atoms with van der Waals surface area (Å²) in [5.41, 5.74) is 12.4. The van der Waals surface area contributed by atoms with Crippen LogP contribution in [0.25, 0.3) is 118 Å². The fourth-order valence-electron chi connectivity index (χ4n) is 9.84. The van der Waals surface area contributed by atoms with Gasteiger partial charge in [-0.2, -0.15) is 0 Å². The van der Waals surface area contributed by atoms with Gasteiger partial charge < -0.3 is 9.13 Å². The number of thiophene rings is 2. The van der Waals surface area contributed by atoms with Crippen LogP contribution in [0, 0.1) is 5.92 Å². The Morgan fingerprint density at radius 2 is 1.03 bits per heavy atom. The summed E-state index contributed by atoms with van der Waals surface area (Å²) in [4.78, 5) is 0. The van der Waals surface area contributed by atoms with Crippen LogP contribution in [0.4, 0.5) is 0 Å². The van der Waals surface area contributed by atoms with Crippen LogP contribution < -0.4 is 0 Å². The highest BCUT2D eigenvalue weighted by Gasteiger charge is 2.21. The SMILES string of the molecule is CC1C=CC(n2c3ccccc3c3ccc(-c4ccc5c(c4)c4ccccc4n5-c4cc(-c5cccc6c5sc5ccccc56)c5sc6ccccc6c5c4)cc32)=CC1. The number of benzene rings is 8. The van der Waals surface area contributed by atoms with Crippen LogP contribution in [0.1, 0.15) is 13.3 Å². The summed E-state index contributed by atoms with van der Waals surface area (Å²) in [7, 11) is 0. The van der Waals surface area contributed by atoms with E-state index in [-0.39, 0.29) is 0 Å². The highest BCUT2D eigenvalue weighted by molar-refractivity contribution is 7.27. The molecular weight excluding hydrogens is 753 g/mol. The van der Waals surface area contributed by atoms with Crippen LogP contribution >= 0.6 is 22.7 Å². The second-order valence-electron chi connectivity index (χ2n) is 16.1. The number of nitrogens with zero attached hydrogens (tertiary/aromatic N) is 2. The van der Waals surface area contributed by atoms with E-state index in [1.807, 2.05) is 22.7 Å². The summed E-state index contributed by atoms with van der Waals surface area (Å²) in [5, 5.41) is 10.4. The zero-order chi connectivity index (χ0) is 38.8. The third-order valence-electron chi connectivity index (χ3n) is 12.6. The van der Waals surface area contributed by atoms with Crippen LogP contribution in [0.3, 0.4) is 0 Å². The number of aromatic nitrogens is 2. The van der Waals surface area contributed by atoms with Gasteiger partial charge in [0.25, 0.3) is 0 Å². The molecule has 8 aromatic carbocycles. The van der Waals surface area contributed by atoms with Crippen molar-refractivity contribution in [3.8, 4) is 27.9 Å². The average Bonchev–Trinajstić information content (AvgIpc) is 4.04. The van der Waals surface area contributed by atoms with E-state index in [1.54, 1.807) is 0 Å². The maximum atomic E-state index is 2.50. The monoisotopic (exact) mass is 788 g/mol. The van der Waals surface area contributed by atoms with Crippen molar-refractivity contribution < 1.29 is 0 Å². The van der Waals surface area contributed by atoms with Gasteiger partial charge in [-0.15, -0.1) is 22.7 Å². The zero-order valence-electron chi connectivity index (χ0n) is 32.3. The van der Waals surface area contributed by atoms with Gasteiger partial charge in [0.1, 0.15) is 0 Å². The molecule has 2 nitrogen and oxygen atoms in total. The van der Waals surface area contributed by atoms with E-state index in [0.717, 1.165) is 6.42 Å². The van der Waals surface area contributed by atoms with Crippen molar-refractivity contribution in [2.75, 3.05) is 0 Å². The molecular formula is C55H36N2S2. The first-order chi connectivity index (χ1) is 29.2. The summed E-state index contributed by atoms with van der Waals surface area (Å²) >= 11 is 3.82. The molecule has 1 aliphatic rings. The Bertz CT molecular complexity index is 3790. The lowest BCUT2D eigenvalue weighted by Gasteiger charge is -2.15. The minimum Gasteiger partial charge on any atom is -0.310 e. The predicted octanol–water partition coefficient (Wildman–Crippen LogP) is 16.4. The van der Waals surface area contributed by atoms with Crippen LogP contribution in [0.15, 0.2) is 182 Å². The third-order valence-corrected chi connectivity index (χ3v) is 15.1. The second-order valence-corrected chi connectivity index (χ2v) is 18.2. The van der Waals surface area contributed by atoms with Crippen molar-refractivity contribution in [3.63, 3.8) is 0 Å². The lowest BCUT2D eigenvalue weighted by molar-refractivity contribution is 0.735. The number of hydrogen-bond acceptors (Lipinski definition) is 2. The van der Waals surface area contributed by atoms with Gasteiger partial charge in [0, 0.05) is 84.4 Å². The van der Waals surface area contributed by atoms with Gasteiger partial charge in [-0.3, -0.25) is 0 Å². The first kappa shape index (κ1) is 33.3. The standard InChI is InChI=1S/C55H36N2S2/c1-33-21-25-36(26-22-33)56-48-17-6-2-11-38(48)40-27-23-35(30-51(40)56)34-24-28-50-45(29-34)39-12-3-7-18-49(39)57(50)37-31-46-42-14-5-9-20-53(42)59-55(46)47(32-37)44-16-10-15-43-41-13-4-8-19-52(41)58-54(43)44/h2-21,23-33H,22H2,1H3. The van der Waals surface area contributed by atoms with Gasteiger partial charge in [-0.25, -0.2) is 0 Å². The van der Waals surface area contributed by atoms with Gasteiger partial charge in [0.05, 0.1) is 22.1 Å². The first-order valence-electron chi connectivity index (χ1n) is 20.5. The van der Waals surface area contributed by atoms with E-state index in [1.165, 1.54) is 118 Å². The lowest BCUT2D eigenvalue weighted by Crippen LogP contribution is -2.00. The van der Waals surface area contributed by atoms with Gasteiger partial charge in [-0.05, 0) is 84.1 Å². The van der Waals surface area contributed by atoms with Crippen molar-refractivity contribution in [2.24, 2.45) is 5.92 Å². The van der Waals surface area contributed by atoms with Crippen LogP contribution in [-0.2, 0) is 0 Å². The molecule has 59 heavy (non-hydrogen) atoms. The molecule has 1 aliphatic carbocycles. The number of allylic oxidation sites excluding steroid dienone is 4. The summed E-state index contributed by atoms with van der Waals surface area (Å²) in [6.07, 6.45) is 8.10. The predicted molar refractivity (Wildman–Crippen MR) is 258 cm³/mol. The Kier molecular flexibility index (Phi) is 7.13. The molecule has 4 aromatic heterocycles. The molecule has 4 heterocycles. The number of rotatable bonds is 4. The Morgan fingerprint density at radius 1 is 0.441 bits per heavy atom. The highest BCUT2D eigenvalue weighted by atomic mass is 32.1. The molecule has 4 heteroatoms. The minimum atomic E-state index is 0.560. The van der Waals surface area contributed by atoms with E-state index >= 15 is 0 Å². The smallest absolute Gasteiger partial charge is 0.0547 e. The molecule has 1 unspecified atom stereocenters. The Morgan fingerprint density at radius 3 is 1.80 bits per heavy atom. The largest absolute Gasteiger partial charge is 0.310 e. The molecule has 0 saturated carbocycles. The molecule has 278 valence electrons. The quantitative estimate of drug-likeness (QED) is 0.168. The van der Waals surface area contributed by atoms with Crippen molar-refractivity contribution in [2.45, 2.75) is 13.3 Å². The molecule has 0 N–H and O–H groups in total. The van der Waals surface area contributed by atoms with Crippen molar-refractivity contribution >= 4 is 112 Å². The Hall–Kier alpha value is -6.72. The zero-order valence-corrected chi connectivity index (χ0v) is 33.9. The molecule has 0 aliphatic heterocycles. The molecule has 12 aromatic rings. The number of para-hydroxylation sites is 2. The molecule has 1 atom stereocenters. The van der Waals surface area contributed by atoms with E-state index < -0.39 is 0 Å². The first-order valence-corrected chi connectivity index (χ1v) is 22.1. The fourth-order valence-corrected chi connectivity index (χ4v) is 12.3. The third kappa shape index (κ3) is 4.91. The molecule has 0 radical (unpaired) electrons. The maximum absolute atomic E-state index is 2.50. The number of fused-ring (bicyclic) bond motifs is 12. The molecule has 0 fully saturated rings. The second kappa shape index (κ2) is 12.6. The van der Waals surface area contributed by atoms with E-state index in [4.69, 9.17) is 0 Å².